The third-order valence-corrected chi connectivity index (χ3v) is 2.16. The van der Waals surface area contributed by atoms with Gasteiger partial charge < -0.3 is 0 Å². The van der Waals surface area contributed by atoms with E-state index in [4.69, 9.17) is 0 Å². The molecular formula is C8H12N2O2. The second-order valence-corrected chi connectivity index (χ2v) is 2.87. The summed E-state index contributed by atoms with van der Waals surface area (Å²) in [5.74, 6) is -0.235. The normalized spacial score (nSPS) is 10.3. The minimum absolute atomic E-state index is 0.235. The molecule has 0 spiro atoms. The molecule has 0 aliphatic heterocycles. The van der Waals surface area contributed by atoms with E-state index in [0.29, 0.717) is 0 Å². The highest BCUT2D eigenvalue weighted by Crippen LogP contribution is 2.02. The highest BCUT2D eigenvalue weighted by molar-refractivity contribution is 5.76. The van der Waals surface area contributed by atoms with Gasteiger partial charge in [-0.2, -0.15) is 0 Å². The lowest BCUT2D eigenvalue weighted by Crippen LogP contribution is -2.26. The molecule has 0 unspecified atom stereocenters. The molecule has 0 amide bonds. The van der Waals surface area contributed by atoms with Crippen LogP contribution in [0.4, 0.5) is 0 Å². The Morgan fingerprint density at radius 1 is 1.25 bits per heavy atom. The van der Waals surface area contributed by atoms with Crippen LogP contribution in [0.5, 0.6) is 0 Å². The maximum Gasteiger partial charge on any atom is 0.335 e. The molecule has 1 heterocycles. The number of aromatic nitrogens is 2. The molecule has 1 rings (SSSR count). The number of hydrogen-bond acceptors (Lipinski definition) is 2. The van der Waals surface area contributed by atoms with Gasteiger partial charge in [0.05, 0.1) is 0 Å². The summed E-state index contributed by atoms with van der Waals surface area (Å²) in [6.07, 6.45) is 0. The maximum atomic E-state index is 11.4. The number of rotatable bonds is 0. The fraction of sp³-hybridized carbons (Fsp3) is 0.500. The van der Waals surface area contributed by atoms with Crippen molar-refractivity contribution in [3.8, 4) is 0 Å². The Kier molecular flexibility index (Phi) is 1.92. The monoisotopic (exact) mass is 168 g/mol. The molecule has 4 nitrogen and oxygen atoms in total. The van der Waals surface area contributed by atoms with Gasteiger partial charge in [-0.1, -0.05) is 0 Å². The fourth-order valence-corrected chi connectivity index (χ4v) is 1.21. The molecular weight excluding hydrogens is 156 g/mol. The average molecular weight is 168 g/mol. The summed E-state index contributed by atoms with van der Waals surface area (Å²) in [6.45, 7) is 4.96. The summed E-state index contributed by atoms with van der Waals surface area (Å²) in [4.78, 5) is 22.4. The number of carbonyl (C=O) groups excluding carboxylic acids is 1. The van der Waals surface area contributed by atoms with Crippen LogP contribution in [0.25, 0.3) is 0 Å². The Balaban J connectivity index is 3.60. The van der Waals surface area contributed by atoms with Crippen LogP contribution in [0.3, 0.4) is 0 Å². The number of nitrogens with zero attached hydrogens (tertiary/aromatic N) is 2. The van der Waals surface area contributed by atoms with E-state index in [2.05, 4.69) is 0 Å². The zero-order chi connectivity index (χ0) is 9.46. The Labute approximate surface area is 70.4 Å². The third kappa shape index (κ3) is 0.995. The van der Waals surface area contributed by atoms with Gasteiger partial charge in [-0.15, -0.1) is 0 Å². The maximum absolute atomic E-state index is 11.4. The minimum Gasteiger partial charge on any atom is -0.299 e. The first-order valence-electron chi connectivity index (χ1n) is 3.72. The summed E-state index contributed by atoms with van der Waals surface area (Å²) in [6, 6.07) is 0. The van der Waals surface area contributed by atoms with Crippen molar-refractivity contribution in [3.63, 3.8) is 0 Å². The Morgan fingerprint density at radius 2 is 1.75 bits per heavy atom. The molecule has 1 aromatic heterocycles. The van der Waals surface area contributed by atoms with Crippen molar-refractivity contribution >= 4 is 5.91 Å². The molecule has 12 heavy (non-hydrogen) atoms. The van der Waals surface area contributed by atoms with Crippen LogP contribution in [-0.4, -0.2) is 15.0 Å². The molecule has 0 atom stereocenters. The first kappa shape index (κ1) is 8.77. The highest BCUT2D eigenvalue weighted by atomic mass is 16.2. The van der Waals surface area contributed by atoms with E-state index < -0.39 is 0 Å². The van der Waals surface area contributed by atoms with Crippen LogP contribution in [0, 0.1) is 13.8 Å². The van der Waals surface area contributed by atoms with Crippen LogP contribution in [0.1, 0.15) is 23.1 Å². The quantitative estimate of drug-likeness (QED) is 0.565. The first-order chi connectivity index (χ1) is 5.46. The molecule has 0 saturated heterocycles. The molecule has 1 aromatic rings. The summed E-state index contributed by atoms with van der Waals surface area (Å²) >= 11 is 0. The van der Waals surface area contributed by atoms with Crippen molar-refractivity contribution in [1.29, 1.82) is 0 Å². The molecule has 0 aromatic carbocycles. The van der Waals surface area contributed by atoms with Gasteiger partial charge in [-0.25, -0.2) is 9.36 Å². The lowest BCUT2D eigenvalue weighted by atomic mass is 10.4. The van der Waals surface area contributed by atoms with Gasteiger partial charge >= 0.3 is 5.69 Å². The van der Waals surface area contributed by atoms with Crippen molar-refractivity contribution in [2.24, 2.45) is 7.05 Å². The van der Waals surface area contributed by atoms with E-state index in [1.165, 1.54) is 16.1 Å². The van der Waals surface area contributed by atoms with Crippen LogP contribution in [0.15, 0.2) is 4.79 Å². The molecule has 0 radical (unpaired) electrons. The standard InChI is InChI=1S/C8H12N2O2/c1-5-6(2)10(7(3)11)8(12)9(5)4/h1-4H3. The van der Waals surface area contributed by atoms with E-state index in [-0.39, 0.29) is 11.6 Å². The smallest absolute Gasteiger partial charge is 0.299 e. The van der Waals surface area contributed by atoms with E-state index >= 15 is 0 Å². The topological polar surface area (TPSA) is 44.0 Å². The molecule has 0 aliphatic carbocycles. The summed E-state index contributed by atoms with van der Waals surface area (Å²) in [7, 11) is 1.66. The van der Waals surface area contributed by atoms with Crippen LogP contribution < -0.4 is 5.69 Å². The second kappa shape index (κ2) is 2.62. The van der Waals surface area contributed by atoms with E-state index in [1.54, 1.807) is 14.0 Å². The van der Waals surface area contributed by atoms with Gasteiger partial charge in [0.15, 0.2) is 0 Å². The largest absolute Gasteiger partial charge is 0.335 e. The van der Waals surface area contributed by atoms with Crippen LogP contribution >= 0.6 is 0 Å². The first-order valence-corrected chi connectivity index (χ1v) is 3.72. The Morgan fingerprint density at radius 3 is 1.92 bits per heavy atom. The summed E-state index contributed by atoms with van der Waals surface area (Å²) in [5.41, 5.74) is 1.28. The number of imidazole rings is 1. The van der Waals surface area contributed by atoms with Gasteiger partial charge in [-0.3, -0.25) is 9.36 Å². The van der Waals surface area contributed by atoms with Gasteiger partial charge in [0.2, 0.25) is 5.91 Å². The van der Waals surface area contributed by atoms with Gasteiger partial charge in [0.25, 0.3) is 0 Å². The van der Waals surface area contributed by atoms with Crippen LogP contribution in [-0.2, 0) is 7.05 Å². The minimum atomic E-state index is -0.266. The lowest BCUT2D eigenvalue weighted by Gasteiger charge is -1.95. The third-order valence-electron chi connectivity index (χ3n) is 2.16. The fourth-order valence-electron chi connectivity index (χ4n) is 1.21. The second-order valence-electron chi connectivity index (χ2n) is 2.87. The molecule has 0 bridgehead atoms. The Bertz CT molecular complexity index is 384. The highest BCUT2D eigenvalue weighted by Gasteiger charge is 2.12. The predicted octanol–water partition coefficient (Wildman–Crippen LogP) is 0.464. The van der Waals surface area contributed by atoms with Crippen molar-refractivity contribution < 1.29 is 4.79 Å². The molecule has 0 N–H and O–H groups in total. The number of hydrogen-bond donors (Lipinski definition) is 0. The zero-order valence-corrected chi connectivity index (χ0v) is 7.71. The van der Waals surface area contributed by atoms with Crippen molar-refractivity contribution in [2.75, 3.05) is 0 Å². The SMILES string of the molecule is CC(=O)n1c(C)c(C)n(C)c1=O. The van der Waals surface area contributed by atoms with E-state index in [1.807, 2.05) is 6.92 Å². The van der Waals surface area contributed by atoms with Crippen molar-refractivity contribution in [2.45, 2.75) is 20.8 Å². The van der Waals surface area contributed by atoms with Crippen molar-refractivity contribution in [3.05, 3.63) is 21.9 Å². The summed E-state index contributed by atoms with van der Waals surface area (Å²) < 4.78 is 2.64. The van der Waals surface area contributed by atoms with Crippen molar-refractivity contribution in [1.82, 2.24) is 9.13 Å². The van der Waals surface area contributed by atoms with E-state index in [9.17, 15) is 9.59 Å². The number of carbonyl (C=O) groups is 1. The molecule has 0 fully saturated rings. The summed E-state index contributed by atoms with van der Waals surface area (Å²) in [5, 5.41) is 0. The van der Waals surface area contributed by atoms with Gasteiger partial charge in [0.1, 0.15) is 0 Å². The van der Waals surface area contributed by atoms with Gasteiger partial charge in [-0.05, 0) is 13.8 Å². The van der Waals surface area contributed by atoms with Gasteiger partial charge in [0, 0.05) is 25.4 Å². The lowest BCUT2D eigenvalue weighted by molar-refractivity contribution is 0.0930. The Hall–Kier alpha value is -1.32. The molecule has 0 saturated carbocycles. The molecule has 66 valence electrons. The molecule has 4 heteroatoms. The van der Waals surface area contributed by atoms with Crippen LogP contribution in [0.2, 0.25) is 0 Å². The average Bonchev–Trinajstić information content (AvgIpc) is 2.16. The van der Waals surface area contributed by atoms with E-state index in [0.717, 1.165) is 11.4 Å². The molecule has 0 aliphatic rings. The zero-order valence-electron chi connectivity index (χ0n) is 7.71. The predicted molar refractivity (Wildman–Crippen MR) is 45.4 cm³/mol.